The summed E-state index contributed by atoms with van der Waals surface area (Å²) in [6.45, 7) is 0. The molecule has 14 aromatic rings. The number of benzene rings is 12. The van der Waals surface area contributed by atoms with Crippen LogP contribution in [0.2, 0.25) is 0 Å². The second kappa shape index (κ2) is 21.7. The molecular weight excluding hydrogens is 1070 g/mol. The molecule has 0 aliphatic carbocycles. The molecule has 0 saturated carbocycles. The van der Waals surface area contributed by atoms with E-state index in [-0.39, 0.29) is 0 Å². The van der Waals surface area contributed by atoms with Gasteiger partial charge in [-0.3, -0.25) is 0 Å². The molecule has 87 heavy (non-hydrogen) atoms. The molecule has 0 bridgehead atoms. The Morgan fingerprint density at radius 2 is 0.425 bits per heavy atom. The average molecular weight is 1130 g/mol. The molecule has 4 nitrogen and oxygen atoms in total. The molecule has 4 heterocycles. The number of rotatable bonds is 12. The van der Waals surface area contributed by atoms with E-state index in [4.69, 9.17) is 9.97 Å². The first-order valence-corrected chi connectivity index (χ1v) is 31.8. The SMILES string of the molecule is c1ccc(-c2cc(-c3cccc4c3[Si]3(c5c(-c6cc(-c7ccccc7)nc(-c7ccccc7)c6)cccc5-4)c4c(cccc4N(c4ccccc4)c4ccccc4)-c4cccc(N(c5ccccc5)c5ccccc5)c43)cc(-c3ccccc3)n2)cc1. The maximum Gasteiger partial charge on any atom is 0.188 e. The van der Waals surface area contributed by atoms with Crippen molar-refractivity contribution >= 4 is 62.9 Å². The molecule has 2 aliphatic heterocycles. The predicted molar refractivity (Wildman–Crippen MR) is 366 cm³/mol. The van der Waals surface area contributed by atoms with Gasteiger partial charge in [-0.1, -0.05) is 255 Å². The Balaban J connectivity index is 1.11. The van der Waals surface area contributed by atoms with Crippen molar-refractivity contribution in [3.05, 3.63) is 340 Å². The molecule has 0 unspecified atom stereocenters. The van der Waals surface area contributed by atoms with Crippen LogP contribution in [-0.4, -0.2) is 18.0 Å². The van der Waals surface area contributed by atoms with Gasteiger partial charge in [0.15, 0.2) is 8.07 Å². The zero-order valence-electron chi connectivity index (χ0n) is 47.6. The van der Waals surface area contributed by atoms with Gasteiger partial charge in [-0.2, -0.15) is 0 Å². The minimum atomic E-state index is -3.86. The van der Waals surface area contributed by atoms with Crippen LogP contribution in [0.15, 0.2) is 340 Å². The fourth-order valence-electron chi connectivity index (χ4n) is 13.8. The predicted octanol–water partition coefficient (Wildman–Crippen LogP) is 18.8. The van der Waals surface area contributed by atoms with E-state index >= 15 is 0 Å². The van der Waals surface area contributed by atoms with Crippen LogP contribution in [0.5, 0.6) is 0 Å². The smallest absolute Gasteiger partial charge is 0.188 e. The summed E-state index contributed by atoms with van der Waals surface area (Å²) in [5, 5.41) is 5.36. The van der Waals surface area contributed by atoms with Crippen LogP contribution in [0.1, 0.15) is 0 Å². The van der Waals surface area contributed by atoms with Gasteiger partial charge in [0.2, 0.25) is 0 Å². The van der Waals surface area contributed by atoms with Crippen LogP contribution in [-0.2, 0) is 0 Å². The summed E-state index contributed by atoms with van der Waals surface area (Å²) >= 11 is 0. The number of aromatic nitrogens is 2. The third-order valence-electron chi connectivity index (χ3n) is 17.4. The fourth-order valence-corrected chi connectivity index (χ4v) is 20.3. The van der Waals surface area contributed by atoms with Crippen molar-refractivity contribution in [3.63, 3.8) is 0 Å². The van der Waals surface area contributed by atoms with Gasteiger partial charge >= 0.3 is 0 Å². The summed E-state index contributed by atoms with van der Waals surface area (Å²) in [6.07, 6.45) is 0. The zero-order chi connectivity index (χ0) is 57.7. The highest BCUT2D eigenvalue weighted by Gasteiger charge is 2.59. The van der Waals surface area contributed by atoms with Gasteiger partial charge in [-0.05, 0) is 150 Å². The zero-order valence-corrected chi connectivity index (χ0v) is 48.6. The van der Waals surface area contributed by atoms with E-state index in [0.29, 0.717) is 0 Å². The molecule has 16 rings (SSSR count). The number of para-hydroxylation sites is 4. The van der Waals surface area contributed by atoms with Crippen molar-refractivity contribution in [2.45, 2.75) is 0 Å². The van der Waals surface area contributed by atoms with E-state index in [0.717, 1.165) is 90.3 Å². The van der Waals surface area contributed by atoms with E-state index in [1.54, 1.807) is 0 Å². The first-order valence-electron chi connectivity index (χ1n) is 29.8. The minimum Gasteiger partial charge on any atom is -0.311 e. The lowest BCUT2D eigenvalue weighted by atomic mass is 9.94. The molecule has 12 aromatic carbocycles. The summed E-state index contributed by atoms with van der Waals surface area (Å²) in [7, 11) is -3.86. The molecule has 0 N–H and O–H groups in total. The summed E-state index contributed by atoms with van der Waals surface area (Å²) in [5.74, 6) is 0. The van der Waals surface area contributed by atoms with E-state index in [1.165, 1.54) is 54.1 Å². The van der Waals surface area contributed by atoms with Crippen molar-refractivity contribution in [2.75, 3.05) is 9.80 Å². The van der Waals surface area contributed by atoms with E-state index < -0.39 is 8.07 Å². The summed E-state index contributed by atoms with van der Waals surface area (Å²) in [6, 6.07) is 124. The Hall–Kier alpha value is -11.2. The second-order valence-corrected chi connectivity index (χ2v) is 25.8. The van der Waals surface area contributed by atoms with Crippen LogP contribution >= 0.6 is 0 Å². The lowest BCUT2D eigenvalue weighted by molar-refractivity contribution is 1.29. The van der Waals surface area contributed by atoms with Crippen molar-refractivity contribution in [3.8, 4) is 89.5 Å². The lowest BCUT2D eigenvalue weighted by Crippen LogP contribution is -2.72. The first-order chi connectivity index (χ1) is 43.2. The third kappa shape index (κ3) is 8.74. The summed E-state index contributed by atoms with van der Waals surface area (Å²) < 4.78 is 0. The molecule has 2 aliphatic rings. The molecule has 1 spiro atoms. The molecule has 0 fully saturated rings. The fraction of sp³-hybridized carbons (Fsp3) is 0. The molecular formula is C82H56N4Si. The molecule has 5 heteroatoms. The molecule has 0 amide bonds. The van der Waals surface area contributed by atoms with Crippen molar-refractivity contribution in [2.24, 2.45) is 0 Å². The van der Waals surface area contributed by atoms with Crippen molar-refractivity contribution in [1.29, 1.82) is 0 Å². The van der Waals surface area contributed by atoms with Crippen molar-refractivity contribution < 1.29 is 0 Å². The maximum absolute atomic E-state index is 5.51. The van der Waals surface area contributed by atoms with Gasteiger partial charge in [0, 0.05) is 56.4 Å². The van der Waals surface area contributed by atoms with E-state index in [1.807, 2.05) is 0 Å². The van der Waals surface area contributed by atoms with Crippen molar-refractivity contribution in [1.82, 2.24) is 9.97 Å². The van der Waals surface area contributed by atoms with Crippen LogP contribution < -0.4 is 30.5 Å². The maximum atomic E-state index is 5.51. The van der Waals surface area contributed by atoms with Gasteiger partial charge < -0.3 is 9.80 Å². The van der Waals surface area contributed by atoms with Gasteiger partial charge in [0.05, 0.1) is 22.8 Å². The summed E-state index contributed by atoms with van der Waals surface area (Å²) in [5.41, 5.74) is 24.0. The van der Waals surface area contributed by atoms with Gasteiger partial charge in [-0.25, -0.2) is 9.97 Å². The normalized spacial score (nSPS) is 12.2. The Labute approximate surface area is 509 Å². The highest BCUT2D eigenvalue weighted by molar-refractivity contribution is 7.26. The molecule has 2 aromatic heterocycles. The van der Waals surface area contributed by atoms with Crippen LogP contribution in [0.3, 0.4) is 0 Å². The van der Waals surface area contributed by atoms with Gasteiger partial charge in [0.25, 0.3) is 0 Å². The lowest BCUT2D eigenvalue weighted by Gasteiger charge is -2.38. The number of hydrogen-bond acceptors (Lipinski definition) is 4. The van der Waals surface area contributed by atoms with Gasteiger partial charge in [-0.15, -0.1) is 0 Å². The highest BCUT2D eigenvalue weighted by Crippen LogP contribution is 2.49. The standard InChI is InChI=1S/C82H56N4Si/c1-9-29-57(30-10-1)73-53-61(54-74(83-73)58-31-11-2-12-32-58)67-45-25-47-69-70-48-26-46-68(62-55-75(59-33-13-3-14-34-59)84-76(56-62)60-35-15-4-16-36-60)80(70)87(79(67)69)81-71(49-27-51-77(81)85(63-37-17-5-18-38-63)64-39-19-6-20-40-64)72-50-28-52-78(82(72)87)86(65-41-21-7-22-42-65)66-43-23-8-24-44-66/h1-56H. The van der Waals surface area contributed by atoms with E-state index in [9.17, 15) is 0 Å². The average Bonchev–Trinajstić information content (AvgIpc) is 1.50. The molecule has 0 saturated heterocycles. The van der Waals surface area contributed by atoms with E-state index in [2.05, 4.69) is 350 Å². The second-order valence-electron chi connectivity index (χ2n) is 22.3. The van der Waals surface area contributed by atoms with Crippen LogP contribution in [0.25, 0.3) is 89.5 Å². The Kier molecular flexibility index (Phi) is 12.8. The third-order valence-corrected chi connectivity index (χ3v) is 22.5. The number of anilines is 6. The van der Waals surface area contributed by atoms with Crippen LogP contribution in [0.4, 0.5) is 34.1 Å². The van der Waals surface area contributed by atoms with Crippen LogP contribution in [0, 0.1) is 0 Å². The van der Waals surface area contributed by atoms with Gasteiger partial charge in [0.1, 0.15) is 0 Å². The highest BCUT2D eigenvalue weighted by atomic mass is 28.3. The number of hydrogen-bond donors (Lipinski definition) is 0. The number of nitrogens with zero attached hydrogens (tertiary/aromatic N) is 4. The quantitative estimate of drug-likeness (QED) is 0.114. The summed E-state index contributed by atoms with van der Waals surface area (Å²) in [4.78, 5) is 16.1. The minimum absolute atomic E-state index is 0.919. The Bertz CT molecular complexity index is 4330. The molecule has 408 valence electrons. The number of fused-ring (bicyclic) bond motifs is 10. The Morgan fingerprint density at radius 1 is 0.195 bits per heavy atom. The molecule has 0 radical (unpaired) electrons. The number of pyridine rings is 2. The topological polar surface area (TPSA) is 32.3 Å². The monoisotopic (exact) mass is 1120 g/mol. The first kappa shape index (κ1) is 51.4. The Morgan fingerprint density at radius 3 is 0.701 bits per heavy atom. The molecule has 0 atom stereocenters. The largest absolute Gasteiger partial charge is 0.311 e.